The third-order valence-corrected chi connectivity index (χ3v) is 3.22. The van der Waals surface area contributed by atoms with E-state index in [1.54, 1.807) is 24.3 Å². The molecule has 96 valence electrons. The van der Waals surface area contributed by atoms with Crippen LogP contribution in [0.1, 0.15) is 31.4 Å². The molecule has 0 bridgehead atoms. The quantitative estimate of drug-likeness (QED) is 0.912. The number of rotatable bonds is 4. The maximum Gasteiger partial charge on any atom is 0.331 e. The lowest BCUT2D eigenvalue weighted by molar-refractivity contribution is -0.150. The van der Waals surface area contributed by atoms with Crippen LogP contribution in [-0.2, 0) is 9.59 Å². The average Bonchev–Trinajstić information content (AvgIpc) is 3.08. The van der Waals surface area contributed by atoms with Crippen molar-refractivity contribution in [3.8, 4) is 0 Å². The minimum Gasteiger partial charge on any atom is -0.479 e. The Labute approximate surface area is 110 Å². The van der Waals surface area contributed by atoms with Crippen molar-refractivity contribution in [3.05, 3.63) is 34.9 Å². The molecule has 1 fully saturated rings. The molecule has 1 aliphatic carbocycles. The summed E-state index contributed by atoms with van der Waals surface area (Å²) >= 11 is 5.88. The molecule has 2 rings (SSSR count). The molecule has 0 spiro atoms. The molecule has 0 aromatic heterocycles. The van der Waals surface area contributed by atoms with Crippen molar-refractivity contribution in [3.63, 3.8) is 0 Å². The summed E-state index contributed by atoms with van der Waals surface area (Å²) in [5, 5.41) is 9.85. The van der Waals surface area contributed by atoms with E-state index in [-0.39, 0.29) is 11.9 Å². The van der Waals surface area contributed by atoms with Gasteiger partial charge in [0.1, 0.15) is 0 Å². The first kappa shape index (κ1) is 12.9. The Morgan fingerprint density at radius 1 is 1.44 bits per heavy atom. The van der Waals surface area contributed by atoms with Gasteiger partial charge in [-0.1, -0.05) is 23.7 Å². The van der Waals surface area contributed by atoms with Crippen molar-refractivity contribution in [2.24, 2.45) is 0 Å². The summed E-state index contributed by atoms with van der Waals surface area (Å²) in [6.45, 7) is 1.40. The second-order valence-electron chi connectivity index (χ2n) is 4.45. The molecule has 1 unspecified atom stereocenters. The third kappa shape index (κ3) is 2.64. The third-order valence-electron chi connectivity index (χ3n) is 2.98. The first-order valence-electron chi connectivity index (χ1n) is 5.78. The molecule has 0 saturated heterocycles. The zero-order valence-corrected chi connectivity index (χ0v) is 10.7. The Hall–Kier alpha value is -1.55. The predicted molar refractivity (Wildman–Crippen MR) is 67.4 cm³/mol. The molecule has 1 aliphatic rings. The van der Waals surface area contributed by atoms with Gasteiger partial charge in [-0.15, -0.1) is 0 Å². The number of aliphatic carboxylic acids is 1. The van der Waals surface area contributed by atoms with Crippen molar-refractivity contribution in [2.45, 2.75) is 31.8 Å². The maximum absolute atomic E-state index is 11.7. The number of carboxylic acids is 1. The molecule has 1 aromatic carbocycles. The van der Waals surface area contributed by atoms with Crippen LogP contribution in [-0.4, -0.2) is 27.9 Å². The van der Waals surface area contributed by atoms with Crippen LogP contribution in [0, 0.1) is 0 Å². The summed E-state index contributed by atoms with van der Waals surface area (Å²) in [6.07, 6.45) is 1.73. The van der Waals surface area contributed by atoms with Crippen molar-refractivity contribution in [1.82, 2.24) is 4.90 Å². The van der Waals surface area contributed by atoms with E-state index in [2.05, 4.69) is 0 Å². The fourth-order valence-electron chi connectivity index (χ4n) is 2.10. The van der Waals surface area contributed by atoms with Crippen LogP contribution in [0.5, 0.6) is 0 Å². The Morgan fingerprint density at radius 2 is 2.11 bits per heavy atom. The van der Waals surface area contributed by atoms with Crippen LogP contribution >= 0.6 is 11.6 Å². The number of carboxylic acid groups (broad SMARTS) is 1. The van der Waals surface area contributed by atoms with E-state index in [0.29, 0.717) is 10.6 Å². The van der Waals surface area contributed by atoms with Crippen molar-refractivity contribution >= 4 is 23.5 Å². The topological polar surface area (TPSA) is 57.6 Å². The van der Waals surface area contributed by atoms with Gasteiger partial charge in [0.15, 0.2) is 6.04 Å². The number of carbonyl (C=O) groups is 2. The number of amides is 1. The van der Waals surface area contributed by atoms with Crippen molar-refractivity contribution in [1.29, 1.82) is 0 Å². The minimum absolute atomic E-state index is 0.0441. The Balaban J connectivity index is 2.38. The average molecular weight is 268 g/mol. The Kier molecular flexibility index (Phi) is 3.57. The summed E-state index contributed by atoms with van der Waals surface area (Å²) in [6, 6.07) is 5.75. The molecule has 1 atom stereocenters. The zero-order chi connectivity index (χ0) is 13.3. The predicted octanol–water partition coefficient (Wildman–Crippen LogP) is 2.48. The minimum atomic E-state index is -1.03. The molecule has 18 heavy (non-hydrogen) atoms. The molecule has 1 aromatic rings. The van der Waals surface area contributed by atoms with Gasteiger partial charge in [-0.05, 0) is 30.5 Å². The molecule has 0 aliphatic heterocycles. The number of hydrogen-bond donors (Lipinski definition) is 1. The molecule has 0 radical (unpaired) electrons. The molecule has 0 heterocycles. The fourth-order valence-corrected chi connectivity index (χ4v) is 2.30. The van der Waals surface area contributed by atoms with Gasteiger partial charge in [-0.3, -0.25) is 4.79 Å². The largest absolute Gasteiger partial charge is 0.479 e. The number of halogens is 1. The monoisotopic (exact) mass is 267 g/mol. The number of hydrogen-bond acceptors (Lipinski definition) is 2. The molecule has 4 nitrogen and oxygen atoms in total. The van der Waals surface area contributed by atoms with E-state index < -0.39 is 12.0 Å². The van der Waals surface area contributed by atoms with Gasteiger partial charge < -0.3 is 10.0 Å². The van der Waals surface area contributed by atoms with E-state index in [9.17, 15) is 14.7 Å². The molecule has 1 saturated carbocycles. The van der Waals surface area contributed by atoms with Gasteiger partial charge >= 0.3 is 5.97 Å². The van der Waals surface area contributed by atoms with E-state index >= 15 is 0 Å². The lowest BCUT2D eigenvalue weighted by atomic mass is 10.1. The fraction of sp³-hybridized carbons (Fsp3) is 0.385. The number of benzene rings is 1. The molecule has 1 amide bonds. The van der Waals surface area contributed by atoms with E-state index in [0.717, 1.165) is 12.8 Å². The van der Waals surface area contributed by atoms with Crippen LogP contribution in [0.2, 0.25) is 5.02 Å². The number of carbonyl (C=O) groups excluding carboxylic acids is 1. The van der Waals surface area contributed by atoms with Crippen molar-refractivity contribution < 1.29 is 14.7 Å². The number of nitrogens with zero attached hydrogens (tertiary/aromatic N) is 1. The summed E-state index contributed by atoms with van der Waals surface area (Å²) in [7, 11) is 0. The summed E-state index contributed by atoms with van der Waals surface area (Å²) in [5.74, 6) is -1.25. The highest BCUT2D eigenvalue weighted by Crippen LogP contribution is 2.35. The van der Waals surface area contributed by atoms with Crippen LogP contribution in [0.3, 0.4) is 0 Å². The lowest BCUT2D eigenvalue weighted by Crippen LogP contribution is -2.39. The van der Waals surface area contributed by atoms with Gasteiger partial charge in [-0.2, -0.15) is 0 Å². The van der Waals surface area contributed by atoms with Crippen LogP contribution in [0.15, 0.2) is 24.3 Å². The highest BCUT2D eigenvalue weighted by molar-refractivity contribution is 6.30. The van der Waals surface area contributed by atoms with Gasteiger partial charge in [-0.25, -0.2) is 4.79 Å². The smallest absolute Gasteiger partial charge is 0.331 e. The Bertz CT molecular complexity index is 485. The summed E-state index contributed by atoms with van der Waals surface area (Å²) in [4.78, 5) is 24.6. The maximum atomic E-state index is 11.7. The summed E-state index contributed by atoms with van der Waals surface area (Å²) in [5.41, 5.74) is 0.539. The van der Waals surface area contributed by atoms with Crippen LogP contribution in [0.4, 0.5) is 0 Å². The normalized spacial score (nSPS) is 16.1. The van der Waals surface area contributed by atoms with E-state index in [4.69, 9.17) is 11.6 Å². The zero-order valence-electron chi connectivity index (χ0n) is 9.97. The van der Waals surface area contributed by atoms with Crippen LogP contribution in [0.25, 0.3) is 0 Å². The second kappa shape index (κ2) is 4.98. The van der Waals surface area contributed by atoms with Crippen molar-refractivity contribution in [2.75, 3.05) is 0 Å². The first-order chi connectivity index (χ1) is 8.50. The molecular formula is C13H14ClNO3. The van der Waals surface area contributed by atoms with E-state index in [1.807, 2.05) is 0 Å². The highest BCUT2D eigenvalue weighted by Gasteiger charge is 2.39. The highest BCUT2D eigenvalue weighted by atomic mass is 35.5. The molecular weight excluding hydrogens is 254 g/mol. The van der Waals surface area contributed by atoms with Gasteiger partial charge in [0, 0.05) is 18.0 Å². The standard InChI is InChI=1S/C13H14ClNO3/c1-8(16)15(11-5-6-11)12(13(17)18)9-3-2-4-10(14)7-9/h2-4,7,11-12H,5-6H2,1H3,(H,17,18). The van der Waals surface area contributed by atoms with Gasteiger partial charge in [0.25, 0.3) is 0 Å². The molecule has 5 heteroatoms. The first-order valence-corrected chi connectivity index (χ1v) is 6.15. The lowest BCUT2D eigenvalue weighted by Gasteiger charge is -2.28. The van der Waals surface area contributed by atoms with Gasteiger partial charge in [0.2, 0.25) is 5.91 Å². The van der Waals surface area contributed by atoms with Crippen LogP contribution < -0.4 is 0 Å². The van der Waals surface area contributed by atoms with Gasteiger partial charge in [0.05, 0.1) is 0 Å². The van der Waals surface area contributed by atoms with E-state index in [1.165, 1.54) is 11.8 Å². The SMILES string of the molecule is CC(=O)N(C1CC1)C(C(=O)O)c1cccc(Cl)c1. The molecule has 1 N–H and O–H groups in total. The Morgan fingerprint density at radius 3 is 2.56 bits per heavy atom. The second-order valence-corrected chi connectivity index (χ2v) is 4.89. The summed E-state index contributed by atoms with van der Waals surface area (Å²) < 4.78 is 0.